The average molecular weight is 434 g/mol. The van der Waals surface area contributed by atoms with Crippen LogP contribution in [0.1, 0.15) is 45.4 Å². The lowest BCUT2D eigenvalue weighted by Gasteiger charge is -2.31. The maximum Gasteiger partial charge on any atom is 0.262 e. The Balaban J connectivity index is 1.19. The van der Waals surface area contributed by atoms with E-state index in [-0.39, 0.29) is 24.2 Å². The predicted octanol–water partition coefficient (Wildman–Crippen LogP) is 2.88. The predicted molar refractivity (Wildman–Crippen MR) is 110 cm³/mol. The second-order valence-electron chi connectivity index (χ2n) is 7.85. The van der Waals surface area contributed by atoms with Crippen molar-refractivity contribution in [3.05, 3.63) is 71.4 Å². The monoisotopic (exact) mass is 434 g/mol. The molecule has 0 radical (unpaired) electrons. The third-order valence-corrected chi connectivity index (χ3v) is 5.90. The summed E-state index contributed by atoms with van der Waals surface area (Å²) in [6, 6.07) is 12.4. The van der Waals surface area contributed by atoms with Crippen molar-refractivity contribution in [2.24, 2.45) is 0 Å². The third kappa shape index (κ3) is 3.55. The number of amides is 3. The molecule has 32 heavy (non-hydrogen) atoms. The van der Waals surface area contributed by atoms with Gasteiger partial charge in [0.1, 0.15) is 12.4 Å². The molecule has 0 bridgehead atoms. The number of fused-ring (bicyclic) bond motifs is 1. The number of rotatable bonds is 4. The highest BCUT2D eigenvalue weighted by Crippen LogP contribution is 2.30. The zero-order chi connectivity index (χ0) is 22.2. The lowest BCUT2D eigenvalue weighted by molar-refractivity contribution is -0.132. The van der Waals surface area contributed by atoms with Crippen molar-refractivity contribution in [1.82, 2.24) is 20.0 Å². The van der Waals surface area contributed by atoms with Crippen LogP contribution in [-0.4, -0.2) is 57.4 Å². The van der Waals surface area contributed by atoms with Crippen LogP contribution in [0.3, 0.4) is 0 Å². The molecule has 162 valence electrons. The highest BCUT2D eigenvalue weighted by Gasteiger charge is 2.37. The van der Waals surface area contributed by atoms with Gasteiger partial charge in [-0.05, 0) is 49.2 Å². The van der Waals surface area contributed by atoms with Gasteiger partial charge in [0.2, 0.25) is 17.7 Å². The van der Waals surface area contributed by atoms with Gasteiger partial charge < -0.3 is 9.32 Å². The zero-order valence-electron chi connectivity index (χ0n) is 17.0. The van der Waals surface area contributed by atoms with Crippen LogP contribution in [0.4, 0.5) is 4.39 Å². The summed E-state index contributed by atoms with van der Waals surface area (Å²) < 4.78 is 18.9. The molecule has 0 spiro atoms. The van der Waals surface area contributed by atoms with Gasteiger partial charge in [0.25, 0.3) is 11.8 Å². The summed E-state index contributed by atoms with van der Waals surface area (Å²) in [6.07, 6.45) is 1.25. The summed E-state index contributed by atoms with van der Waals surface area (Å²) in [6.45, 7) is 0.647. The number of hydrogen-bond donors (Lipinski definition) is 0. The van der Waals surface area contributed by atoms with Crippen LogP contribution in [0.15, 0.2) is 52.9 Å². The standard InChI is InChI=1S/C23H19FN4O4/c24-16-7-5-14(6-8-16)20-25-26-21(32-20)15-9-11-27(12-10-15)19(29)13-28-22(30)17-3-1-2-4-18(17)23(28)31/h1-8,15H,9-13H2. The number of aromatic nitrogens is 2. The van der Waals surface area contributed by atoms with Crippen molar-refractivity contribution in [3.8, 4) is 11.5 Å². The highest BCUT2D eigenvalue weighted by molar-refractivity contribution is 6.22. The molecule has 0 N–H and O–H groups in total. The summed E-state index contributed by atoms with van der Waals surface area (Å²) in [5.41, 5.74) is 1.30. The van der Waals surface area contributed by atoms with E-state index in [1.807, 2.05) is 0 Å². The minimum atomic E-state index is -0.437. The van der Waals surface area contributed by atoms with Crippen molar-refractivity contribution in [2.75, 3.05) is 19.6 Å². The van der Waals surface area contributed by atoms with Crippen LogP contribution in [0.5, 0.6) is 0 Å². The second kappa shape index (κ2) is 7.99. The van der Waals surface area contributed by atoms with Crippen LogP contribution >= 0.6 is 0 Å². The number of benzene rings is 2. The van der Waals surface area contributed by atoms with Crippen LogP contribution in [-0.2, 0) is 4.79 Å². The van der Waals surface area contributed by atoms with Gasteiger partial charge >= 0.3 is 0 Å². The molecule has 2 aliphatic rings. The summed E-state index contributed by atoms with van der Waals surface area (Å²) in [4.78, 5) is 40.4. The van der Waals surface area contributed by atoms with Gasteiger partial charge in [-0.2, -0.15) is 0 Å². The SMILES string of the molecule is O=C(CN1C(=O)c2ccccc2C1=O)N1CCC(c2nnc(-c3ccc(F)cc3)o2)CC1. The fourth-order valence-electron chi connectivity index (χ4n) is 4.10. The first-order chi connectivity index (χ1) is 15.5. The zero-order valence-corrected chi connectivity index (χ0v) is 17.0. The first kappa shape index (κ1) is 20.0. The minimum absolute atomic E-state index is 0.0000497. The first-order valence-electron chi connectivity index (χ1n) is 10.3. The lowest BCUT2D eigenvalue weighted by Crippen LogP contribution is -2.45. The molecule has 0 unspecified atom stereocenters. The molecule has 1 fully saturated rings. The van der Waals surface area contributed by atoms with Gasteiger partial charge in [-0.1, -0.05) is 12.1 Å². The van der Waals surface area contributed by atoms with Gasteiger partial charge in [0.05, 0.1) is 11.1 Å². The van der Waals surface area contributed by atoms with E-state index >= 15 is 0 Å². The fourth-order valence-corrected chi connectivity index (χ4v) is 4.10. The summed E-state index contributed by atoms with van der Waals surface area (Å²) >= 11 is 0. The summed E-state index contributed by atoms with van der Waals surface area (Å²) in [5, 5.41) is 8.17. The Labute approximate surface area is 182 Å². The number of halogens is 1. The van der Waals surface area contributed by atoms with Gasteiger partial charge in [-0.25, -0.2) is 4.39 Å². The molecule has 2 aromatic carbocycles. The molecule has 0 saturated carbocycles. The Morgan fingerprint density at radius 1 is 0.969 bits per heavy atom. The molecule has 0 atom stereocenters. The van der Waals surface area contributed by atoms with Crippen LogP contribution in [0.2, 0.25) is 0 Å². The van der Waals surface area contributed by atoms with Gasteiger partial charge in [0.15, 0.2) is 0 Å². The van der Waals surface area contributed by atoms with Gasteiger partial charge in [-0.3, -0.25) is 19.3 Å². The van der Waals surface area contributed by atoms with Crippen molar-refractivity contribution in [1.29, 1.82) is 0 Å². The van der Waals surface area contributed by atoms with Crippen molar-refractivity contribution in [2.45, 2.75) is 18.8 Å². The molecule has 8 nitrogen and oxygen atoms in total. The molecular weight excluding hydrogens is 415 g/mol. The van der Waals surface area contributed by atoms with Crippen molar-refractivity contribution < 1.29 is 23.2 Å². The molecule has 0 aliphatic carbocycles. The number of likely N-dealkylation sites (tertiary alicyclic amines) is 1. The molecule has 3 aromatic rings. The van der Waals surface area contributed by atoms with E-state index < -0.39 is 11.8 Å². The Bertz CT molecular complexity index is 1160. The fraction of sp³-hybridized carbons (Fsp3) is 0.261. The van der Waals surface area contributed by atoms with Gasteiger partial charge in [0, 0.05) is 24.6 Å². The van der Waals surface area contributed by atoms with E-state index in [2.05, 4.69) is 10.2 Å². The quantitative estimate of drug-likeness (QED) is 0.586. The molecule has 1 aromatic heterocycles. The van der Waals surface area contributed by atoms with E-state index in [4.69, 9.17) is 4.42 Å². The van der Waals surface area contributed by atoms with E-state index in [1.54, 1.807) is 41.3 Å². The molecule has 3 heterocycles. The molecule has 1 saturated heterocycles. The Kier molecular flexibility index (Phi) is 5.01. The number of nitrogens with zero attached hydrogens (tertiary/aromatic N) is 4. The van der Waals surface area contributed by atoms with Crippen LogP contribution in [0, 0.1) is 5.82 Å². The Morgan fingerprint density at radius 2 is 1.59 bits per heavy atom. The number of piperidine rings is 1. The number of imide groups is 1. The largest absolute Gasteiger partial charge is 0.420 e. The highest BCUT2D eigenvalue weighted by atomic mass is 19.1. The van der Waals surface area contributed by atoms with Crippen molar-refractivity contribution >= 4 is 17.7 Å². The molecule has 5 rings (SSSR count). The molecular formula is C23H19FN4O4. The third-order valence-electron chi connectivity index (χ3n) is 5.90. The van der Waals surface area contributed by atoms with E-state index in [1.165, 1.54) is 12.1 Å². The number of hydrogen-bond acceptors (Lipinski definition) is 6. The normalized spacial score (nSPS) is 16.5. The Morgan fingerprint density at radius 3 is 2.22 bits per heavy atom. The number of carbonyl (C=O) groups is 3. The molecule has 9 heteroatoms. The van der Waals surface area contributed by atoms with E-state index in [0.717, 1.165) is 4.90 Å². The second-order valence-corrected chi connectivity index (χ2v) is 7.85. The van der Waals surface area contributed by atoms with E-state index in [0.29, 0.717) is 54.4 Å². The average Bonchev–Trinajstić information content (AvgIpc) is 3.40. The maximum absolute atomic E-state index is 13.1. The van der Waals surface area contributed by atoms with Crippen molar-refractivity contribution in [3.63, 3.8) is 0 Å². The molecule has 3 amide bonds. The van der Waals surface area contributed by atoms with Crippen LogP contribution < -0.4 is 0 Å². The summed E-state index contributed by atoms with van der Waals surface area (Å²) in [5.74, 6) is -0.677. The topological polar surface area (TPSA) is 96.6 Å². The number of carbonyl (C=O) groups excluding carboxylic acids is 3. The summed E-state index contributed by atoms with van der Waals surface area (Å²) in [7, 11) is 0. The van der Waals surface area contributed by atoms with E-state index in [9.17, 15) is 18.8 Å². The first-order valence-corrected chi connectivity index (χ1v) is 10.3. The lowest BCUT2D eigenvalue weighted by atomic mass is 9.97. The van der Waals surface area contributed by atoms with Crippen LogP contribution in [0.25, 0.3) is 11.5 Å². The Hall–Kier alpha value is -3.88. The van der Waals surface area contributed by atoms with Gasteiger partial charge in [-0.15, -0.1) is 10.2 Å². The molecule has 2 aliphatic heterocycles. The maximum atomic E-state index is 13.1. The smallest absolute Gasteiger partial charge is 0.262 e. The minimum Gasteiger partial charge on any atom is -0.420 e.